The number of benzene rings is 1. The topological polar surface area (TPSA) is 37.3 Å². The van der Waals surface area contributed by atoms with Crippen molar-refractivity contribution >= 4 is 21.7 Å². The first-order valence-corrected chi connectivity index (χ1v) is 6.07. The summed E-state index contributed by atoms with van der Waals surface area (Å²) >= 11 is 3.29. The number of phenolic OH excluding ortho intramolecular Hbond substituents is 1. The molecule has 1 aromatic rings. The number of aryl methyl sites for hydroxylation is 1. The molecule has 0 aromatic heterocycles. The van der Waals surface area contributed by atoms with Crippen molar-refractivity contribution in [3.05, 3.63) is 28.8 Å². The van der Waals surface area contributed by atoms with E-state index in [1.807, 2.05) is 6.92 Å². The van der Waals surface area contributed by atoms with Crippen LogP contribution in [0.2, 0.25) is 0 Å². The Morgan fingerprint density at radius 1 is 1.50 bits per heavy atom. The van der Waals surface area contributed by atoms with Gasteiger partial charge >= 0.3 is 0 Å². The van der Waals surface area contributed by atoms with Crippen molar-refractivity contribution in [3.63, 3.8) is 0 Å². The Hall–Kier alpha value is -1.27. The van der Waals surface area contributed by atoms with E-state index in [1.165, 1.54) is 6.92 Å². The zero-order valence-electron chi connectivity index (χ0n) is 9.30. The second kappa shape index (κ2) is 5.72. The summed E-state index contributed by atoms with van der Waals surface area (Å²) in [6.45, 7) is 3.31. The molecule has 0 amide bonds. The van der Waals surface area contributed by atoms with E-state index < -0.39 is 0 Å². The number of hydrogen-bond acceptors (Lipinski definition) is 2. The molecule has 0 bridgehead atoms. The Labute approximate surface area is 104 Å². The predicted molar refractivity (Wildman–Crippen MR) is 68.1 cm³/mol. The molecule has 0 aliphatic heterocycles. The van der Waals surface area contributed by atoms with Crippen LogP contribution in [0.5, 0.6) is 5.75 Å². The molecule has 2 nitrogen and oxygen atoms in total. The molecule has 1 aromatic carbocycles. The quantitative estimate of drug-likeness (QED) is 0.514. The molecule has 0 saturated heterocycles. The van der Waals surface area contributed by atoms with Gasteiger partial charge in [-0.05, 0) is 31.5 Å². The standard InChI is InChI=1S/C13H13BrO2/c1-9-7-12(10(2)15)13(16)8-11(9)5-3-4-6-14/h7-8,16H,4,6H2,1-2H3. The fraction of sp³-hybridized carbons (Fsp3) is 0.308. The third kappa shape index (κ3) is 3.11. The lowest BCUT2D eigenvalue weighted by Crippen LogP contribution is -1.95. The number of Topliss-reactive ketones (excluding diaryl/α,β-unsaturated/α-hetero) is 1. The number of aromatic hydroxyl groups is 1. The van der Waals surface area contributed by atoms with Gasteiger partial charge in [-0.3, -0.25) is 4.79 Å². The summed E-state index contributed by atoms with van der Waals surface area (Å²) in [4.78, 5) is 11.2. The first-order chi connectivity index (χ1) is 7.56. The van der Waals surface area contributed by atoms with Crippen molar-refractivity contribution in [1.82, 2.24) is 0 Å². The number of rotatable bonds is 2. The van der Waals surface area contributed by atoms with Crippen molar-refractivity contribution in [1.29, 1.82) is 0 Å². The van der Waals surface area contributed by atoms with E-state index in [9.17, 15) is 9.90 Å². The van der Waals surface area contributed by atoms with Crippen LogP contribution in [0.4, 0.5) is 0 Å². The summed E-state index contributed by atoms with van der Waals surface area (Å²) in [6, 6.07) is 3.23. The van der Waals surface area contributed by atoms with E-state index >= 15 is 0 Å². The van der Waals surface area contributed by atoms with E-state index in [-0.39, 0.29) is 11.5 Å². The highest BCUT2D eigenvalue weighted by atomic mass is 79.9. The number of phenols is 1. The predicted octanol–water partition coefficient (Wildman–Crippen LogP) is 3.04. The highest BCUT2D eigenvalue weighted by molar-refractivity contribution is 9.09. The van der Waals surface area contributed by atoms with Gasteiger partial charge in [0.05, 0.1) is 5.56 Å². The van der Waals surface area contributed by atoms with E-state index in [4.69, 9.17) is 0 Å². The molecule has 0 aliphatic rings. The minimum atomic E-state index is -0.138. The Morgan fingerprint density at radius 2 is 2.19 bits per heavy atom. The zero-order valence-corrected chi connectivity index (χ0v) is 10.9. The average molecular weight is 281 g/mol. The van der Waals surface area contributed by atoms with Gasteiger partial charge in [-0.2, -0.15) is 0 Å². The van der Waals surface area contributed by atoms with Gasteiger partial charge in [0.25, 0.3) is 0 Å². The maximum Gasteiger partial charge on any atom is 0.163 e. The van der Waals surface area contributed by atoms with Crippen molar-refractivity contribution in [2.45, 2.75) is 20.3 Å². The smallest absolute Gasteiger partial charge is 0.163 e. The molecule has 84 valence electrons. The van der Waals surface area contributed by atoms with Gasteiger partial charge in [0.15, 0.2) is 5.78 Å². The molecule has 0 aliphatic carbocycles. The minimum Gasteiger partial charge on any atom is -0.507 e. The van der Waals surface area contributed by atoms with Gasteiger partial charge in [0.2, 0.25) is 0 Å². The van der Waals surface area contributed by atoms with Crippen LogP contribution in [0.3, 0.4) is 0 Å². The van der Waals surface area contributed by atoms with Gasteiger partial charge in [-0.25, -0.2) is 0 Å². The fourth-order valence-electron chi connectivity index (χ4n) is 1.32. The van der Waals surface area contributed by atoms with E-state index in [0.717, 1.165) is 22.9 Å². The van der Waals surface area contributed by atoms with Crippen LogP contribution in [0.25, 0.3) is 0 Å². The lowest BCUT2D eigenvalue weighted by Gasteiger charge is -2.04. The largest absolute Gasteiger partial charge is 0.507 e. The van der Waals surface area contributed by atoms with Crippen molar-refractivity contribution < 1.29 is 9.90 Å². The number of carbonyl (C=O) groups excluding carboxylic acids is 1. The number of alkyl halides is 1. The second-order valence-corrected chi connectivity index (χ2v) is 4.27. The fourth-order valence-corrected chi connectivity index (χ4v) is 1.52. The molecule has 0 fully saturated rings. The summed E-state index contributed by atoms with van der Waals surface area (Å²) < 4.78 is 0. The number of hydrogen-bond donors (Lipinski definition) is 1. The first-order valence-electron chi connectivity index (χ1n) is 4.95. The van der Waals surface area contributed by atoms with Gasteiger partial charge in [0.1, 0.15) is 5.75 Å². The summed E-state index contributed by atoms with van der Waals surface area (Å²) in [7, 11) is 0. The van der Waals surface area contributed by atoms with Crippen LogP contribution in [-0.2, 0) is 0 Å². The van der Waals surface area contributed by atoms with Gasteiger partial charge in [0, 0.05) is 17.3 Å². The van der Waals surface area contributed by atoms with Crippen LogP contribution >= 0.6 is 15.9 Å². The average Bonchev–Trinajstić information content (AvgIpc) is 2.22. The molecular formula is C13H13BrO2. The van der Waals surface area contributed by atoms with Gasteiger partial charge in [-0.1, -0.05) is 27.8 Å². The molecule has 0 unspecified atom stereocenters. The normalized spacial score (nSPS) is 9.44. The molecule has 0 spiro atoms. The maximum absolute atomic E-state index is 11.2. The summed E-state index contributed by atoms with van der Waals surface area (Å²) in [5, 5.41) is 10.5. The molecular weight excluding hydrogens is 268 g/mol. The van der Waals surface area contributed by atoms with E-state index in [1.54, 1.807) is 12.1 Å². The van der Waals surface area contributed by atoms with Crippen LogP contribution in [0, 0.1) is 18.8 Å². The third-order valence-corrected chi connectivity index (χ3v) is 2.56. The van der Waals surface area contributed by atoms with Crippen LogP contribution in [0.1, 0.15) is 34.8 Å². The first kappa shape index (κ1) is 12.8. The van der Waals surface area contributed by atoms with Crippen LogP contribution in [0.15, 0.2) is 12.1 Å². The second-order valence-electron chi connectivity index (χ2n) is 3.48. The number of halogens is 1. The number of carbonyl (C=O) groups is 1. The summed E-state index contributed by atoms with van der Waals surface area (Å²) in [6.07, 6.45) is 0.759. The van der Waals surface area contributed by atoms with Crippen LogP contribution in [-0.4, -0.2) is 16.2 Å². The molecule has 1 rings (SSSR count). The molecule has 1 N–H and O–H groups in total. The third-order valence-electron chi connectivity index (χ3n) is 2.16. The Kier molecular flexibility index (Phi) is 4.57. The summed E-state index contributed by atoms with van der Waals surface area (Å²) in [5.41, 5.74) is 2.03. The SMILES string of the molecule is CC(=O)c1cc(C)c(C#CCCBr)cc1O. The highest BCUT2D eigenvalue weighted by Crippen LogP contribution is 2.22. The molecule has 0 saturated carbocycles. The van der Waals surface area contributed by atoms with E-state index in [0.29, 0.717) is 5.56 Å². The molecule has 0 radical (unpaired) electrons. The minimum absolute atomic E-state index is 0.00115. The molecule has 0 heterocycles. The Bertz CT molecular complexity index is 467. The zero-order chi connectivity index (χ0) is 12.1. The Morgan fingerprint density at radius 3 is 2.75 bits per heavy atom. The van der Waals surface area contributed by atoms with Crippen molar-refractivity contribution in [2.24, 2.45) is 0 Å². The van der Waals surface area contributed by atoms with Gasteiger partial charge < -0.3 is 5.11 Å². The Balaban J connectivity index is 3.12. The van der Waals surface area contributed by atoms with Crippen LogP contribution < -0.4 is 0 Å². The molecule has 0 atom stereocenters. The molecule has 16 heavy (non-hydrogen) atoms. The van der Waals surface area contributed by atoms with Crippen molar-refractivity contribution in [2.75, 3.05) is 5.33 Å². The van der Waals surface area contributed by atoms with E-state index in [2.05, 4.69) is 27.8 Å². The number of ketones is 1. The lowest BCUT2D eigenvalue weighted by atomic mass is 10.0. The molecule has 3 heteroatoms. The monoisotopic (exact) mass is 280 g/mol. The maximum atomic E-state index is 11.2. The lowest BCUT2D eigenvalue weighted by molar-refractivity contribution is 0.101. The highest BCUT2D eigenvalue weighted by Gasteiger charge is 2.08. The van der Waals surface area contributed by atoms with Gasteiger partial charge in [-0.15, -0.1) is 0 Å². The van der Waals surface area contributed by atoms with Crippen molar-refractivity contribution in [3.8, 4) is 17.6 Å². The summed E-state index contributed by atoms with van der Waals surface area (Å²) in [5.74, 6) is 5.81.